The van der Waals surface area contributed by atoms with Gasteiger partial charge in [-0.1, -0.05) is 31.2 Å². The SMILES string of the molecule is CCCn1c(NC(=O)CN=C2NS(=O)(=O)c3ccccc32)nc2ccccc21. The van der Waals surface area contributed by atoms with Gasteiger partial charge in [-0.3, -0.25) is 19.8 Å². The molecule has 0 unspecified atom stereocenters. The number of hydrogen-bond donors (Lipinski definition) is 2. The highest BCUT2D eigenvalue weighted by Crippen LogP contribution is 2.22. The first-order valence-electron chi connectivity index (χ1n) is 8.91. The molecule has 9 heteroatoms. The Balaban J connectivity index is 1.56. The van der Waals surface area contributed by atoms with E-state index in [-0.39, 0.29) is 23.2 Å². The fourth-order valence-electron chi connectivity index (χ4n) is 3.19. The number of aryl methyl sites for hydroxylation is 1. The first-order valence-corrected chi connectivity index (χ1v) is 10.4. The molecule has 4 rings (SSSR count). The van der Waals surface area contributed by atoms with Crippen LogP contribution >= 0.6 is 0 Å². The molecule has 2 heterocycles. The van der Waals surface area contributed by atoms with Crippen LogP contribution in [0.5, 0.6) is 0 Å². The van der Waals surface area contributed by atoms with E-state index < -0.39 is 10.0 Å². The maximum absolute atomic E-state index is 12.4. The van der Waals surface area contributed by atoms with Gasteiger partial charge in [0.25, 0.3) is 10.0 Å². The Kier molecular flexibility index (Phi) is 4.60. The molecule has 1 aliphatic heterocycles. The number of rotatable bonds is 5. The second-order valence-electron chi connectivity index (χ2n) is 6.39. The molecule has 0 saturated carbocycles. The Bertz CT molecular complexity index is 1200. The number of sulfonamides is 1. The van der Waals surface area contributed by atoms with E-state index in [0.29, 0.717) is 11.5 Å². The number of amides is 1. The minimum absolute atomic E-state index is 0.166. The number of fused-ring (bicyclic) bond motifs is 2. The maximum Gasteiger partial charge on any atom is 0.263 e. The third-order valence-corrected chi connectivity index (χ3v) is 5.79. The Morgan fingerprint density at radius 3 is 2.75 bits per heavy atom. The van der Waals surface area contributed by atoms with Crippen LogP contribution < -0.4 is 10.0 Å². The average molecular weight is 397 g/mol. The van der Waals surface area contributed by atoms with Crippen molar-refractivity contribution in [1.82, 2.24) is 14.3 Å². The van der Waals surface area contributed by atoms with Gasteiger partial charge in [0.05, 0.1) is 15.9 Å². The second-order valence-corrected chi connectivity index (χ2v) is 8.04. The van der Waals surface area contributed by atoms with Gasteiger partial charge in [-0.2, -0.15) is 0 Å². The highest BCUT2D eigenvalue weighted by molar-refractivity contribution is 7.90. The van der Waals surface area contributed by atoms with Crippen molar-refractivity contribution in [3.63, 3.8) is 0 Å². The molecular weight excluding hydrogens is 378 g/mol. The van der Waals surface area contributed by atoms with Crippen molar-refractivity contribution in [1.29, 1.82) is 0 Å². The summed E-state index contributed by atoms with van der Waals surface area (Å²) in [5, 5.41) is 2.78. The van der Waals surface area contributed by atoms with Crippen LogP contribution in [0.3, 0.4) is 0 Å². The molecule has 0 radical (unpaired) electrons. The van der Waals surface area contributed by atoms with E-state index in [1.807, 2.05) is 28.8 Å². The standard InChI is InChI=1S/C19H19N5O3S/c1-2-11-24-15-9-5-4-8-14(15)21-19(24)22-17(25)12-20-18-13-7-3-6-10-16(13)28(26,27)23-18/h3-10H,2,11-12H2,1H3,(H,20,23)(H,21,22,25). The van der Waals surface area contributed by atoms with E-state index in [1.54, 1.807) is 18.2 Å². The van der Waals surface area contributed by atoms with Crippen molar-refractivity contribution in [2.24, 2.45) is 4.99 Å². The third-order valence-electron chi connectivity index (χ3n) is 4.40. The predicted molar refractivity (Wildman–Crippen MR) is 107 cm³/mol. The fourth-order valence-corrected chi connectivity index (χ4v) is 4.44. The van der Waals surface area contributed by atoms with Crippen LogP contribution in [0.25, 0.3) is 11.0 Å². The van der Waals surface area contributed by atoms with Crippen LogP contribution in [0.2, 0.25) is 0 Å². The van der Waals surface area contributed by atoms with Crippen molar-refractivity contribution >= 4 is 38.7 Å². The van der Waals surface area contributed by atoms with E-state index in [4.69, 9.17) is 0 Å². The Morgan fingerprint density at radius 1 is 1.18 bits per heavy atom. The summed E-state index contributed by atoms with van der Waals surface area (Å²) in [4.78, 5) is 21.2. The minimum atomic E-state index is -3.62. The third kappa shape index (κ3) is 3.24. The van der Waals surface area contributed by atoms with Gasteiger partial charge in [0.15, 0.2) is 0 Å². The largest absolute Gasteiger partial charge is 0.310 e. The highest BCUT2D eigenvalue weighted by atomic mass is 32.2. The van der Waals surface area contributed by atoms with Gasteiger partial charge in [-0.25, -0.2) is 13.4 Å². The highest BCUT2D eigenvalue weighted by Gasteiger charge is 2.30. The van der Waals surface area contributed by atoms with Gasteiger partial charge in [0.2, 0.25) is 11.9 Å². The fraction of sp³-hybridized carbons (Fsp3) is 0.211. The van der Waals surface area contributed by atoms with Gasteiger partial charge in [0.1, 0.15) is 12.4 Å². The number of imidazole rings is 1. The number of nitrogens with one attached hydrogen (secondary N) is 2. The molecule has 0 spiro atoms. The van der Waals surface area contributed by atoms with Gasteiger partial charge in [0, 0.05) is 12.1 Å². The van der Waals surface area contributed by atoms with Crippen LogP contribution in [-0.2, 0) is 21.4 Å². The monoisotopic (exact) mass is 397 g/mol. The summed E-state index contributed by atoms with van der Waals surface area (Å²) >= 11 is 0. The average Bonchev–Trinajstić information content (AvgIpc) is 3.15. The molecule has 28 heavy (non-hydrogen) atoms. The second kappa shape index (κ2) is 7.08. The van der Waals surface area contributed by atoms with Gasteiger partial charge >= 0.3 is 0 Å². The number of amidine groups is 1. The zero-order valence-electron chi connectivity index (χ0n) is 15.2. The summed E-state index contributed by atoms with van der Waals surface area (Å²) in [5.41, 5.74) is 2.21. The molecule has 2 N–H and O–H groups in total. The molecule has 0 bridgehead atoms. The quantitative estimate of drug-likeness (QED) is 0.688. The molecule has 8 nitrogen and oxygen atoms in total. The van der Waals surface area contributed by atoms with Crippen LogP contribution in [0.1, 0.15) is 18.9 Å². The number of benzene rings is 2. The number of para-hydroxylation sites is 2. The molecule has 2 aromatic carbocycles. The van der Waals surface area contributed by atoms with E-state index in [0.717, 1.165) is 24.0 Å². The molecule has 1 aliphatic rings. The number of aliphatic imine (C=N–C) groups is 1. The lowest BCUT2D eigenvalue weighted by Gasteiger charge is -2.08. The summed E-state index contributed by atoms with van der Waals surface area (Å²) in [5.74, 6) is 0.261. The molecule has 1 aromatic heterocycles. The lowest BCUT2D eigenvalue weighted by molar-refractivity contribution is -0.114. The van der Waals surface area contributed by atoms with Crippen molar-refractivity contribution in [2.75, 3.05) is 11.9 Å². The summed E-state index contributed by atoms with van der Waals surface area (Å²) in [6, 6.07) is 14.2. The zero-order chi connectivity index (χ0) is 19.7. The van der Waals surface area contributed by atoms with Crippen LogP contribution in [-0.4, -0.2) is 36.3 Å². The normalized spacial score (nSPS) is 16.1. The first-order chi connectivity index (χ1) is 13.5. The van der Waals surface area contributed by atoms with Crippen LogP contribution in [0.4, 0.5) is 5.95 Å². The summed E-state index contributed by atoms with van der Waals surface area (Å²) in [7, 11) is -3.62. The van der Waals surface area contributed by atoms with Crippen LogP contribution in [0.15, 0.2) is 58.4 Å². The van der Waals surface area contributed by atoms with E-state index in [2.05, 4.69) is 26.9 Å². The molecule has 0 atom stereocenters. The van der Waals surface area contributed by atoms with E-state index in [9.17, 15) is 13.2 Å². The number of carbonyl (C=O) groups is 1. The topological polar surface area (TPSA) is 105 Å². The van der Waals surface area contributed by atoms with Crippen molar-refractivity contribution < 1.29 is 13.2 Å². The Labute approximate surface area is 162 Å². The lowest BCUT2D eigenvalue weighted by atomic mass is 10.2. The zero-order valence-corrected chi connectivity index (χ0v) is 16.0. The predicted octanol–water partition coefficient (Wildman–Crippen LogP) is 2.12. The molecule has 0 saturated heterocycles. The molecule has 0 fully saturated rings. The van der Waals surface area contributed by atoms with Gasteiger partial charge < -0.3 is 4.57 Å². The smallest absolute Gasteiger partial charge is 0.263 e. The minimum Gasteiger partial charge on any atom is -0.310 e. The number of aromatic nitrogens is 2. The molecule has 3 aromatic rings. The van der Waals surface area contributed by atoms with Gasteiger partial charge in [-0.05, 0) is 30.7 Å². The van der Waals surface area contributed by atoms with E-state index >= 15 is 0 Å². The maximum atomic E-state index is 12.4. The molecule has 1 amide bonds. The number of carbonyl (C=O) groups excluding carboxylic acids is 1. The number of anilines is 1. The van der Waals surface area contributed by atoms with Crippen molar-refractivity contribution in [3.05, 3.63) is 54.1 Å². The summed E-state index contributed by atoms with van der Waals surface area (Å²) < 4.78 is 28.6. The van der Waals surface area contributed by atoms with Crippen LogP contribution in [0, 0.1) is 0 Å². The number of nitrogens with zero attached hydrogens (tertiary/aromatic N) is 3. The van der Waals surface area contributed by atoms with Crippen molar-refractivity contribution in [2.45, 2.75) is 24.8 Å². The summed E-state index contributed by atoms with van der Waals surface area (Å²) in [6.07, 6.45) is 0.893. The van der Waals surface area contributed by atoms with Gasteiger partial charge in [-0.15, -0.1) is 0 Å². The van der Waals surface area contributed by atoms with Crippen molar-refractivity contribution in [3.8, 4) is 0 Å². The number of hydrogen-bond acceptors (Lipinski definition) is 5. The lowest BCUT2D eigenvalue weighted by Crippen LogP contribution is -2.25. The molecular formula is C19H19N5O3S. The Morgan fingerprint density at radius 2 is 1.93 bits per heavy atom. The first kappa shape index (κ1) is 18.2. The van der Waals surface area contributed by atoms with E-state index in [1.165, 1.54) is 6.07 Å². The molecule has 144 valence electrons. The summed E-state index contributed by atoms with van der Waals surface area (Å²) in [6.45, 7) is 2.55. The Hall–Kier alpha value is -3.20. The molecule has 0 aliphatic carbocycles.